The van der Waals surface area contributed by atoms with Gasteiger partial charge in [0.15, 0.2) is 5.58 Å². The van der Waals surface area contributed by atoms with Crippen molar-refractivity contribution in [3.05, 3.63) is 68.1 Å². The molecule has 1 aliphatic heterocycles. The van der Waals surface area contributed by atoms with E-state index in [0.717, 1.165) is 5.56 Å². The molecular weight excluding hydrogens is 469 g/mol. The number of piperidine rings is 1. The van der Waals surface area contributed by atoms with Gasteiger partial charge < -0.3 is 19.4 Å². The second kappa shape index (κ2) is 8.43. The molecule has 0 radical (unpaired) electrons. The Morgan fingerprint density at radius 2 is 1.88 bits per heavy atom. The second-order valence-corrected chi connectivity index (χ2v) is 9.43. The maximum Gasteiger partial charge on any atom is 0.417 e. The first kappa shape index (κ1) is 21.9. The Labute approximate surface area is 198 Å². The van der Waals surface area contributed by atoms with Crippen molar-refractivity contribution >= 4 is 46.3 Å². The Kier molecular flexibility index (Phi) is 5.58. The number of halogens is 2. The molecule has 1 aliphatic carbocycles. The number of nitrogens with one attached hydrogen (secondary N) is 2. The molecule has 0 spiro atoms. The van der Waals surface area contributed by atoms with Gasteiger partial charge in [-0.3, -0.25) is 9.78 Å². The predicted octanol–water partition coefficient (Wildman–Crippen LogP) is 4.23. The maximum absolute atomic E-state index is 12.6. The molecule has 172 valence electrons. The summed E-state index contributed by atoms with van der Waals surface area (Å²) in [5.74, 6) is 0.243. The third kappa shape index (κ3) is 4.45. The van der Waals surface area contributed by atoms with E-state index in [-0.39, 0.29) is 12.0 Å². The van der Waals surface area contributed by atoms with Gasteiger partial charge in [0.05, 0.1) is 5.52 Å². The third-order valence-corrected chi connectivity index (χ3v) is 6.88. The summed E-state index contributed by atoms with van der Waals surface area (Å²) in [6.07, 6.45) is -0.836. The van der Waals surface area contributed by atoms with Gasteiger partial charge in [0.25, 0.3) is 5.91 Å². The molecule has 33 heavy (non-hydrogen) atoms. The molecule has 4 atom stereocenters. The smallest absolute Gasteiger partial charge is 0.417 e. The summed E-state index contributed by atoms with van der Waals surface area (Å²) in [4.78, 5) is 40.6. The van der Waals surface area contributed by atoms with E-state index in [1.165, 1.54) is 0 Å². The van der Waals surface area contributed by atoms with E-state index >= 15 is 0 Å². The van der Waals surface area contributed by atoms with Gasteiger partial charge in [-0.1, -0.05) is 23.2 Å². The molecule has 2 N–H and O–H groups in total. The third-order valence-electron chi connectivity index (χ3n) is 6.44. The fourth-order valence-corrected chi connectivity index (χ4v) is 5.15. The minimum absolute atomic E-state index is 0.226. The predicted molar refractivity (Wildman–Crippen MR) is 123 cm³/mol. The highest BCUT2D eigenvalue weighted by Crippen LogP contribution is 2.51. The lowest BCUT2D eigenvalue weighted by atomic mass is 10.1. The molecule has 5 rings (SSSR count). The van der Waals surface area contributed by atoms with Crippen molar-refractivity contribution in [2.24, 2.45) is 17.8 Å². The number of oxazole rings is 1. The summed E-state index contributed by atoms with van der Waals surface area (Å²) >= 11 is 12.1. The number of rotatable bonds is 5. The fraction of sp³-hybridized carbons (Fsp3) is 0.348. The molecule has 2 heterocycles. The molecule has 2 unspecified atom stereocenters. The van der Waals surface area contributed by atoms with E-state index in [0.29, 0.717) is 64.1 Å². The van der Waals surface area contributed by atoms with Crippen LogP contribution in [0.3, 0.4) is 0 Å². The summed E-state index contributed by atoms with van der Waals surface area (Å²) in [5, 5.41) is 3.92. The van der Waals surface area contributed by atoms with Crippen molar-refractivity contribution in [1.82, 2.24) is 15.2 Å². The van der Waals surface area contributed by atoms with Gasteiger partial charge in [0.1, 0.15) is 6.10 Å². The Bertz CT molecular complexity index is 1270. The van der Waals surface area contributed by atoms with E-state index in [1.54, 1.807) is 48.2 Å². The topological polar surface area (TPSA) is 105 Å². The first-order chi connectivity index (χ1) is 15.8. The van der Waals surface area contributed by atoms with Crippen molar-refractivity contribution in [3.63, 3.8) is 0 Å². The number of hydrogen-bond donors (Lipinski definition) is 2. The summed E-state index contributed by atoms with van der Waals surface area (Å²) in [7, 11) is 0. The number of H-pyrrole nitrogens is 1. The molecular formula is C23H21Cl2N3O5. The molecule has 2 amide bonds. The molecule has 3 aromatic rings. The largest absolute Gasteiger partial charge is 0.442 e. The van der Waals surface area contributed by atoms with Gasteiger partial charge in [-0.05, 0) is 66.6 Å². The van der Waals surface area contributed by atoms with E-state index in [2.05, 4.69) is 10.3 Å². The number of nitrogens with zero attached hydrogens (tertiary/aromatic N) is 1. The Morgan fingerprint density at radius 3 is 2.58 bits per heavy atom. The first-order valence-corrected chi connectivity index (χ1v) is 11.4. The standard InChI is InChI=1S/C23H21Cl2N3O5/c1-11(13-4-14(24)7-15(25)5-13)32-23(31)28-9-17-16(18(17)10-28)8-26-21(29)12-2-3-19-20(6-12)33-22(30)27-19/h2-7,11,16-18H,8-10H2,1H3,(H,26,29)(H,27,30)/t11?,16?,17-,18+. The lowest BCUT2D eigenvalue weighted by Gasteiger charge is -2.22. The number of aromatic amines is 1. The van der Waals surface area contributed by atoms with Crippen LogP contribution in [0.4, 0.5) is 4.79 Å². The highest BCUT2D eigenvalue weighted by Gasteiger charge is 2.56. The molecule has 8 nitrogen and oxygen atoms in total. The average molecular weight is 490 g/mol. The van der Waals surface area contributed by atoms with Crippen molar-refractivity contribution in [3.8, 4) is 0 Å². The number of ether oxygens (including phenoxy) is 1. The van der Waals surface area contributed by atoms with Gasteiger partial charge in [0, 0.05) is 35.2 Å². The number of aromatic nitrogens is 1. The van der Waals surface area contributed by atoms with Crippen molar-refractivity contribution in [2.75, 3.05) is 19.6 Å². The monoisotopic (exact) mass is 489 g/mol. The fourth-order valence-electron chi connectivity index (χ4n) is 4.60. The lowest BCUT2D eigenvalue weighted by molar-refractivity contribution is 0.0714. The number of benzene rings is 2. The number of amides is 2. The van der Waals surface area contributed by atoms with E-state index in [1.807, 2.05) is 0 Å². The molecule has 2 fully saturated rings. The van der Waals surface area contributed by atoms with Gasteiger partial charge >= 0.3 is 11.8 Å². The normalized spacial score (nSPS) is 22.2. The summed E-state index contributed by atoms with van der Waals surface area (Å²) in [6, 6.07) is 9.92. The molecule has 2 aromatic carbocycles. The highest BCUT2D eigenvalue weighted by molar-refractivity contribution is 6.34. The van der Waals surface area contributed by atoms with Crippen LogP contribution in [0.25, 0.3) is 11.1 Å². The number of carbonyl (C=O) groups excluding carboxylic acids is 2. The van der Waals surface area contributed by atoms with E-state index in [9.17, 15) is 14.4 Å². The zero-order valence-corrected chi connectivity index (χ0v) is 19.2. The van der Waals surface area contributed by atoms with Crippen LogP contribution in [0.5, 0.6) is 0 Å². The second-order valence-electron chi connectivity index (χ2n) is 8.56. The lowest BCUT2D eigenvalue weighted by Crippen LogP contribution is -2.35. The number of carbonyl (C=O) groups is 2. The number of hydrogen-bond acceptors (Lipinski definition) is 5. The van der Waals surface area contributed by atoms with Gasteiger partial charge in [-0.2, -0.15) is 0 Å². The van der Waals surface area contributed by atoms with Crippen LogP contribution < -0.4 is 11.1 Å². The van der Waals surface area contributed by atoms with Crippen LogP contribution in [0.1, 0.15) is 28.9 Å². The summed E-state index contributed by atoms with van der Waals surface area (Å²) in [5.41, 5.74) is 2.06. The zero-order valence-electron chi connectivity index (χ0n) is 17.6. The molecule has 1 saturated heterocycles. The van der Waals surface area contributed by atoms with E-state index in [4.69, 9.17) is 32.4 Å². The van der Waals surface area contributed by atoms with Gasteiger partial charge in [-0.15, -0.1) is 0 Å². The van der Waals surface area contributed by atoms with Crippen LogP contribution in [-0.2, 0) is 4.74 Å². The Balaban J connectivity index is 1.10. The maximum atomic E-state index is 12.6. The molecule has 1 aromatic heterocycles. The quantitative estimate of drug-likeness (QED) is 0.557. The average Bonchev–Trinajstić information content (AvgIpc) is 3.08. The van der Waals surface area contributed by atoms with Crippen LogP contribution >= 0.6 is 23.2 Å². The SMILES string of the molecule is CC(OC(=O)N1C[C@@H]2C(CNC(=O)c3ccc4[nH]c(=O)oc4c3)[C@@H]2C1)c1cc(Cl)cc(Cl)c1. The Hall–Kier alpha value is -2.97. The minimum atomic E-state index is -0.554. The number of fused-ring (bicyclic) bond motifs is 2. The number of likely N-dealkylation sites (tertiary alicyclic amines) is 1. The van der Waals surface area contributed by atoms with E-state index < -0.39 is 11.9 Å². The molecule has 1 saturated carbocycles. The van der Waals surface area contributed by atoms with Crippen LogP contribution in [0, 0.1) is 17.8 Å². The minimum Gasteiger partial charge on any atom is -0.442 e. The first-order valence-electron chi connectivity index (χ1n) is 10.6. The zero-order chi connectivity index (χ0) is 23.3. The van der Waals surface area contributed by atoms with Crippen molar-refractivity contribution < 1.29 is 18.7 Å². The van der Waals surface area contributed by atoms with Crippen LogP contribution in [-0.4, -0.2) is 41.5 Å². The van der Waals surface area contributed by atoms with Crippen molar-refractivity contribution in [1.29, 1.82) is 0 Å². The summed E-state index contributed by atoms with van der Waals surface area (Å²) in [6.45, 7) is 3.52. The molecule has 2 aliphatic rings. The summed E-state index contributed by atoms with van der Waals surface area (Å²) < 4.78 is 10.6. The van der Waals surface area contributed by atoms with Gasteiger partial charge in [0.2, 0.25) is 0 Å². The molecule has 0 bridgehead atoms. The van der Waals surface area contributed by atoms with Crippen molar-refractivity contribution in [2.45, 2.75) is 13.0 Å². The van der Waals surface area contributed by atoms with Crippen LogP contribution in [0.15, 0.2) is 45.6 Å². The Morgan fingerprint density at radius 1 is 1.18 bits per heavy atom. The van der Waals surface area contributed by atoms with Gasteiger partial charge in [-0.25, -0.2) is 9.59 Å². The highest BCUT2D eigenvalue weighted by atomic mass is 35.5. The van der Waals surface area contributed by atoms with Crippen LogP contribution in [0.2, 0.25) is 10.0 Å². The molecule has 10 heteroatoms.